The fourth-order valence-corrected chi connectivity index (χ4v) is 3.88. The number of ether oxygens (including phenoxy) is 2. The van der Waals surface area contributed by atoms with E-state index in [2.05, 4.69) is 37.4 Å². The van der Waals surface area contributed by atoms with Gasteiger partial charge in [0.15, 0.2) is 0 Å². The van der Waals surface area contributed by atoms with Crippen molar-refractivity contribution in [1.29, 1.82) is 0 Å². The van der Waals surface area contributed by atoms with Gasteiger partial charge >= 0.3 is 11.9 Å². The van der Waals surface area contributed by atoms with Crippen molar-refractivity contribution in [3.63, 3.8) is 0 Å². The van der Waals surface area contributed by atoms with Gasteiger partial charge in [-0.25, -0.2) is 9.78 Å². The first-order valence-corrected chi connectivity index (χ1v) is 13.9. The number of aromatic nitrogens is 3. The lowest BCUT2D eigenvalue weighted by atomic mass is 9.96. The van der Waals surface area contributed by atoms with Gasteiger partial charge in [0.2, 0.25) is 11.9 Å². The number of nitrogens with zero attached hydrogens (tertiary/aromatic N) is 2. The molecule has 3 N–H and O–H groups in total. The van der Waals surface area contributed by atoms with E-state index in [1.807, 2.05) is 27.7 Å². The Kier molecular flexibility index (Phi) is 10.8. The highest BCUT2D eigenvalue weighted by atomic mass is 16.5. The van der Waals surface area contributed by atoms with Gasteiger partial charge in [0.1, 0.15) is 11.7 Å². The number of hydrogen-bond donors (Lipinski definition) is 3. The number of nitrogens with one attached hydrogen (secondary N) is 3. The van der Waals surface area contributed by atoms with E-state index in [9.17, 15) is 19.2 Å². The van der Waals surface area contributed by atoms with Gasteiger partial charge in [0.05, 0.1) is 29.9 Å². The number of fused-ring (bicyclic) bond motifs is 1. The summed E-state index contributed by atoms with van der Waals surface area (Å²) in [6.45, 7) is 11.2. The third-order valence-electron chi connectivity index (χ3n) is 6.16. The molecule has 0 spiro atoms. The first kappa shape index (κ1) is 31.8. The summed E-state index contributed by atoms with van der Waals surface area (Å²) in [6, 6.07) is 5.62. The number of anilines is 1. The van der Waals surface area contributed by atoms with Crippen LogP contribution in [0.4, 0.5) is 5.95 Å². The van der Waals surface area contributed by atoms with Gasteiger partial charge in [-0.15, -0.1) is 0 Å². The second-order valence-corrected chi connectivity index (χ2v) is 10.4. The number of aryl methyl sites for hydroxylation is 1. The Morgan fingerprint density at radius 1 is 0.976 bits per heavy atom. The highest BCUT2D eigenvalue weighted by Crippen LogP contribution is 2.23. The van der Waals surface area contributed by atoms with Gasteiger partial charge in [-0.3, -0.25) is 19.7 Å². The van der Waals surface area contributed by atoms with E-state index in [4.69, 9.17) is 9.47 Å². The van der Waals surface area contributed by atoms with Gasteiger partial charge in [-0.1, -0.05) is 39.5 Å². The van der Waals surface area contributed by atoms with Crippen LogP contribution < -0.4 is 10.6 Å². The van der Waals surface area contributed by atoms with Crippen LogP contribution in [0.2, 0.25) is 0 Å². The molecule has 0 aliphatic rings. The Morgan fingerprint density at radius 3 is 2.29 bits per heavy atom. The van der Waals surface area contributed by atoms with E-state index in [1.165, 1.54) is 0 Å². The average molecular weight is 576 g/mol. The minimum atomic E-state index is -0.986. The van der Waals surface area contributed by atoms with Crippen LogP contribution in [0.3, 0.4) is 0 Å². The first-order valence-electron chi connectivity index (χ1n) is 13.9. The molecule has 0 bridgehead atoms. The molecule has 3 aromatic rings. The Bertz CT molecular complexity index is 1510. The number of H-pyrrole nitrogens is 1. The number of esters is 2. The molecule has 0 saturated heterocycles. The Morgan fingerprint density at radius 2 is 1.67 bits per heavy atom. The number of benzene rings is 1. The van der Waals surface area contributed by atoms with Crippen molar-refractivity contribution in [1.82, 2.24) is 20.3 Å². The summed E-state index contributed by atoms with van der Waals surface area (Å²) in [7, 11) is 0. The van der Waals surface area contributed by atoms with Crippen LogP contribution in [0.5, 0.6) is 0 Å². The zero-order valence-electron chi connectivity index (χ0n) is 24.8. The molecule has 2 heterocycles. The largest absolute Gasteiger partial charge is 0.466 e. The van der Waals surface area contributed by atoms with Crippen LogP contribution in [0.15, 0.2) is 30.5 Å². The first-order chi connectivity index (χ1) is 20.0. The summed E-state index contributed by atoms with van der Waals surface area (Å²) in [5.74, 6) is 4.74. The number of rotatable bonds is 10. The summed E-state index contributed by atoms with van der Waals surface area (Å²) < 4.78 is 9.96. The zero-order chi connectivity index (χ0) is 30.9. The van der Waals surface area contributed by atoms with Crippen molar-refractivity contribution in [2.24, 2.45) is 5.41 Å². The number of hydrogen-bond acceptors (Lipinski definition) is 8. The van der Waals surface area contributed by atoms with Crippen LogP contribution in [-0.4, -0.2) is 58.0 Å². The minimum Gasteiger partial charge on any atom is -0.466 e. The molecule has 0 saturated carbocycles. The summed E-state index contributed by atoms with van der Waals surface area (Å²) in [5, 5.41) is 6.20. The van der Waals surface area contributed by atoms with Crippen molar-refractivity contribution < 1.29 is 28.7 Å². The summed E-state index contributed by atoms with van der Waals surface area (Å²) in [6.07, 6.45) is 2.39. The Hall–Kier alpha value is -4.72. The fourth-order valence-electron chi connectivity index (χ4n) is 3.88. The smallest absolute Gasteiger partial charge is 0.328 e. The number of carbonyl (C=O) groups is 4. The normalized spacial score (nSPS) is 11.7. The topological polar surface area (TPSA) is 152 Å². The lowest BCUT2D eigenvalue weighted by molar-refractivity contribution is -0.146. The lowest BCUT2D eigenvalue weighted by Crippen LogP contribution is -2.42. The fraction of sp³-hybridized carbons (Fsp3) is 0.419. The third-order valence-corrected chi connectivity index (χ3v) is 6.16. The summed E-state index contributed by atoms with van der Waals surface area (Å²) >= 11 is 0. The minimum absolute atomic E-state index is 0.0301. The average Bonchev–Trinajstić information content (AvgIpc) is 3.36. The molecule has 0 radical (unpaired) electrons. The maximum Gasteiger partial charge on any atom is 0.328 e. The standard InChI is InChI=1S/C31H37N5O6/c1-7-22-25-21(18-32-26(25)35-30(34-22)36-29(40)31(4,5)6)15-12-19-10-13-20(14-11-19)27(38)33-23(28(39)42-9-3)16-17-24(37)41-8-2/h10-11,13-14,18,23H,7-9,16-17H2,1-6H3,(H,33,38)(H2,32,34,35,36,40)/t23-/m0/s1. The monoisotopic (exact) mass is 575 g/mol. The second kappa shape index (κ2) is 14.3. The molecule has 1 aromatic carbocycles. The van der Waals surface area contributed by atoms with Crippen LogP contribution in [0, 0.1) is 17.3 Å². The van der Waals surface area contributed by atoms with Gasteiger partial charge in [0, 0.05) is 29.2 Å². The van der Waals surface area contributed by atoms with E-state index >= 15 is 0 Å². The van der Waals surface area contributed by atoms with Crippen molar-refractivity contribution in [3.05, 3.63) is 52.8 Å². The quantitative estimate of drug-likeness (QED) is 0.243. The number of carbonyl (C=O) groups excluding carboxylic acids is 4. The van der Waals surface area contributed by atoms with Gasteiger partial charge < -0.3 is 19.8 Å². The molecule has 0 unspecified atom stereocenters. The van der Waals surface area contributed by atoms with Gasteiger partial charge in [-0.2, -0.15) is 4.98 Å². The Labute approximate surface area is 245 Å². The maximum absolute atomic E-state index is 12.8. The van der Waals surface area contributed by atoms with E-state index < -0.39 is 29.3 Å². The predicted molar refractivity (Wildman–Crippen MR) is 158 cm³/mol. The van der Waals surface area contributed by atoms with Crippen molar-refractivity contribution >= 4 is 40.7 Å². The van der Waals surface area contributed by atoms with E-state index in [-0.39, 0.29) is 37.9 Å². The van der Waals surface area contributed by atoms with Crippen LogP contribution in [0.25, 0.3) is 11.0 Å². The highest BCUT2D eigenvalue weighted by Gasteiger charge is 2.25. The maximum atomic E-state index is 12.8. The predicted octanol–water partition coefficient (Wildman–Crippen LogP) is 3.91. The molecule has 1 atom stereocenters. The molecule has 42 heavy (non-hydrogen) atoms. The van der Waals surface area contributed by atoms with Crippen LogP contribution in [-0.2, 0) is 30.3 Å². The molecule has 3 rings (SSSR count). The summed E-state index contributed by atoms with van der Waals surface area (Å²) in [5.41, 5.74) is 2.43. The Balaban J connectivity index is 1.75. The molecule has 222 valence electrons. The lowest BCUT2D eigenvalue weighted by Gasteiger charge is -2.17. The van der Waals surface area contributed by atoms with Crippen molar-refractivity contribution in [3.8, 4) is 11.8 Å². The molecular weight excluding hydrogens is 538 g/mol. The van der Waals surface area contributed by atoms with Gasteiger partial charge in [0.25, 0.3) is 5.91 Å². The molecule has 0 aliphatic carbocycles. The van der Waals surface area contributed by atoms with E-state index in [0.29, 0.717) is 28.8 Å². The molecule has 0 fully saturated rings. The number of aromatic amines is 1. The second-order valence-electron chi connectivity index (χ2n) is 10.4. The van der Waals surface area contributed by atoms with E-state index in [1.54, 1.807) is 44.3 Å². The highest BCUT2D eigenvalue weighted by molar-refractivity contribution is 5.97. The third kappa shape index (κ3) is 8.39. The molecule has 11 nitrogen and oxygen atoms in total. The van der Waals surface area contributed by atoms with Gasteiger partial charge in [-0.05, 0) is 51.0 Å². The summed E-state index contributed by atoms with van der Waals surface area (Å²) in [4.78, 5) is 61.4. The number of amides is 2. The molecule has 0 aliphatic heterocycles. The van der Waals surface area contributed by atoms with Crippen LogP contribution in [0.1, 0.15) is 81.6 Å². The van der Waals surface area contributed by atoms with E-state index in [0.717, 1.165) is 11.1 Å². The van der Waals surface area contributed by atoms with Crippen LogP contribution >= 0.6 is 0 Å². The molecule has 2 aromatic heterocycles. The molecule has 11 heteroatoms. The zero-order valence-corrected chi connectivity index (χ0v) is 24.8. The molecule has 2 amide bonds. The molecular formula is C31H37N5O6. The SMILES string of the molecule is CCOC(=O)CC[C@H](NC(=O)c1ccc(C#Cc2c[nH]c3nc(NC(=O)C(C)(C)C)nc(CC)c23)cc1)C(=O)OCC. The van der Waals surface area contributed by atoms with Crippen molar-refractivity contribution in [2.45, 2.75) is 66.8 Å². The van der Waals surface area contributed by atoms with Crippen molar-refractivity contribution in [2.75, 3.05) is 18.5 Å².